The van der Waals surface area contributed by atoms with Crippen LogP contribution in [0.15, 0.2) is 48.0 Å². The summed E-state index contributed by atoms with van der Waals surface area (Å²) in [5.41, 5.74) is 5.39. The normalized spacial score (nSPS) is 12.6. The van der Waals surface area contributed by atoms with Crippen molar-refractivity contribution in [2.45, 2.75) is 6.92 Å². The van der Waals surface area contributed by atoms with Crippen molar-refractivity contribution in [2.75, 3.05) is 0 Å². The highest BCUT2D eigenvalue weighted by Gasteiger charge is 2.26. The molecule has 4 aromatic heterocycles. The van der Waals surface area contributed by atoms with Gasteiger partial charge in [-0.25, -0.2) is 8.96 Å². The molecule has 120 valence electrons. The van der Waals surface area contributed by atoms with Crippen molar-refractivity contribution < 1.29 is 8.96 Å². The number of halogens is 1. The molecule has 0 saturated carbocycles. The maximum absolute atomic E-state index is 15.0. The second kappa shape index (κ2) is 4.27. The number of thiophene rings is 1. The van der Waals surface area contributed by atoms with Crippen LogP contribution in [0.25, 0.3) is 48.3 Å². The van der Waals surface area contributed by atoms with Crippen LogP contribution in [0.1, 0.15) is 5.56 Å². The Bertz CT molecular complexity index is 1470. The van der Waals surface area contributed by atoms with Gasteiger partial charge in [0.2, 0.25) is 5.52 Å². The van der Waals surface area contributed by atoms with E-state index in [-0.39, 0.29) is 5.82 Å². The molecule has 0 aliphatic heterocycles. The zero-order chi connectivity index (χ0) is 16.9. The van der Waals surface area contributed by atoms with Gasteiger partial charge in [0.1, 0.15) is 12.9 Å². The van der Waals surface area contributed by atoms with Gasteiger partial charge in [-0.3, -0.25) is 0 Å². The number of para-hydroxylation sites is 1. The van der Waals surface area contributed by atoms with E-state index in [9.17, 15) is 0 Å². The van der Waals surface area contributed by atoms with Gasteiger partial charge in [-0.1, -0.05) is 18.2 Å². The fourth-order valence-corrected chi connectivity index (χ4v) is 5.33. The summed E-state index contributed by atoms with van der Waals surface area (Å²) in [5.74, 6) is -0.139. The van der Waals surface area contributed by atoms with E-state index in [1.165, 1.54) is 15.6 Å². The predicted octanol–water partition coefficient (Wildman–Crippen LogP) is 5.32. The van der Waals surface area contributed by atoms with Crippen molar-refractivity contribution in [1.82, 2.24) is 4.40 Å². The molecule has 0 amide bonds. The van der Waals surface area contributed by atoms with Gasteiger partial charge in [-0.15, -0.1) is 11.3 Å². The molecular weight excluding hydrogens is 331 g/mol. The first kappa shape index (κ1) is 13.6. The molecule has 0 spiro atoms. The molecule has 6 aromatic rings. The minimum atomic E-state index is -0.139. The fourth-order valence-electron chi connectivity index (χ4n) is 4.41. The van der Waals surface area contributed by atoms with Gasteiger partial charge in [0.05, 0.1) is 27.3 Å². The van der Waals surface area contributed by atoms with Gasteiger partial charge in [-0.05, 0) is 24.6 Å². The lowest BCUT2D eigenvalue weighted by molar-refractivity contribution is -0.643. The number of pyridine rings is 2. The molecule has 0 aliphatic rings. The van der Waals surface area contributed by atoms with Crippen LogP contribution in [-0.2, 0) is 7.05 Å². The lowest BCUT2D eigenvalue weighted by Crippen LogP contribution is -2.28. The molecule has 0 aliphatic carbocycles. The number of hydrogen-bond acceptors (Lipinski definition) is 1. The minimum Gasteiger partial charge on any atom is -0.307 e. The Morgan fingerprint density at radius 1 is 1.04 bits per heavy atom. The number of aryl methyl sites for hydroxylation is 2. The highest BCUT2D eigenvalue weighted by Crippen LogP contribution is 2.42. The molecule has 0 bridgehead atoms. The van der Waals surface area contributed by atoms with E-state index >= 15 is 4.39 Å². The standard InChI is InChI=1S/C21H14FN2S/c1-11-9-13(22)18-12-5-3-4-6-14(12)24-15-10-25-16-7-8-23(2)20(19(15)16)17(11)21(18)24/h3-10H,1-2H3/q+1. The molecule has 4 heteroatoms. The number of aromatic nitrogens is 2. The highest BCUT2D eigenvalue weighted by atomic mass is 32.1. The quantitative estimate of drug-likeness (QED) is 0.260. The molecule has 6 rings (SSSR count). The van der Waals surface area contributed by atoms with Gasteiger partial charge in [0.25, 0.3) is 0 Å². The topological polar surface area (TPSA) is 8.29 Å². The van der Waals surface area contributed by atoms with Crippen LogP contribution in [0.5, 0.6) is 0 Å². The van der Waals surface area contributed by atoms with Crippen LogP contribution in [0, 0.1) is 12.7 Å². The summed E-state index contributed by atoms with van der Waals surface area (Å²) in [4.78, 5) is 0. The van der Waals surface area contributed by atoms with Gasteiger partial charge in [0.15, 0.2) is 6.20 Å². The van der Waals surface area contributed by atoms with Crippen molar-refractivity contribution in [1.29, 1.82) is 0 Å². The zero-order valence-electron chi connectivity index (χ0n) is 13.8. The van der Waals surface area contributed by atoms with Gasteiger partial charge >= 0.3 is 0 Å². The zero-order valence-corrected chi connectivity index (χ0v) is 14.6. The molecule has 2 nitrogen and oxygen atoms in total. The third kappa shape index (κ3) is 1.43. The van der Waals surface area contributed by atoms with E-state index in [0.29, 0.717) is 0 Å². The second-order valence-electron chi connectivity index (χ2n) is 6.76. The van der Waals surface area contributed by atoms with E-state index in [1.54, 1.807) is 17.4 Å². The molecule has 0 atom stereocenters. The SMILES string of the molecule is Cc1cc(F)c2c3ccccc3n3c4csc5cc[n+](C)c(c1c23)c54. The second-order valence-corrected chi connectivity index (χ2v) is 7.67. The van der Waals surface area contributed by atoms with Crippen LogP contribution >= 0.6 is 11.3 Å². The Hall–Kier alpha value is -2.72. The minimum absolute atomic E-state index is 0.139. The third-order valence-corrected chi connectivity index (χ3v) is 6.34. The number of rotatable bonds is 0. The molecule has 0 fully saturated rings. The first-order valence-corrected chi connectivity index (χ1v) is 9.17. The summed E-state index contributed by atoms with van der Waals surface area (Å²) in [5, 5.41) is 6.31. The van der Waals surface area contributed by atoms with E-state index in [4.69, 9.17) is 0 Å². The Kier molecular flexibility index (Phi) is 2.31. The molecule has 0 unspecified atom stereocenters. The molecule has 2 aromatic carbocycles. The van der Waals surface area contributed by atoms with E-state index in [0.717, 1.165) is 38.3 Å². The van der Waals surface area contributed by atoms with E-state index < -0.39 is 0 Å². The van der Waals surface area contributed by atoms with Gasteiger partial charge in [-0.2, -0.15) is 0 Å². The first-order chi connectivity index (χ1) is 12.2. The van der Waals surface area contributed by atoms with Gasteiger partial charge < -0.3 is 4.40 Å². The van der Waals surface area contributed by atoms with Crippen LogP contribution in [0.2, 0.25) is 0 Å². The molecule has 0 N–H and O–H groups in total. The smallest absolute Gasteiger partial charge is 0.225 e. The first-order valence-electron chi connectivity index (χ1n) is 8.29. The molecule has 0 saturated heterocycles. The monoisotopic (exact) mass is 345 g/mol. The number of benzene rings is 2. The lowest BCUT2D eigenvalue weighted by Gasteiger charge is -2.09. The average molecular weight is 345 g/mol. The van der Waals surface area contributed by atoms with Crippen molar-refractivity contribution in [3.63, 3.8) is 0 Å². The number of hydrogen-bond donors (Lipinski definition) is 0. The summed E-state index contributed by atoms with van der Waals surface area (Å²) in [6, 6.07) is 12.0. The third-order valence-electron chi connectivity index (χ3n) is 5.40. The Morgan fingerprint density at radius 2 is 1.88 bits per heavy atom. The molecule has 4 heterocycles. The Morgan fingerprint density at radius 3 is 2.76 bits per heavy atom. The largest absolute Gasteiger partial charge is 0.307 e. The highest BCUT2D eigenvalue weighted by molar-refractivity contribution is 7.18. The predicted molar refractivity (Wildman–Crippen MR) is 102 cm³/mol. The lowest BCUT2D eigenvalue weighted by atomic mass is 10.0. The maximum atomic E-state index is 15.0. The average Bonchev–Trinajstić information content (AvgIpc) is 3.16. The summed E-state index contributed by atoms with van der Waals surface area (Å²) in [6.45, 7) is 2.01. The van der Waals surface area contributed by atoms with E-state index in [1.807, 2.05) is 25.1 Å². The number of nitrogens with zero attached hydrogens (tertiary/aromatic N) is 2. The van der Waals surface area contributed by atoms with Crippen LogP contribution in [0.3, 0.4) is 0 Å². The van der Waals surface area contributed by atoms with Crippen molar-refractivity contribution in [2.24, 2.45) is 7.05 Å². The fraction of sp³-hybridized carbons (Fsp3) is 0.0952. The Balaban J connectivity index is 2.18. The maximum Gasteiger partial charge on any atom is 0.225 e. The van der Waals surface area contributed by atoms with Crippen molar-refractivity contribution in [3.05, 3.63) is 59.4 Å². The molecule has 25 heavy (non-hydrogen) atoms. The molecular formula is C21H14FN2S+. The summed E-state index contributed by atoms with van der Waals surface area (Å²) in [6.07, 6.45) is 2.10. The summed E-state index contributed by atoms with van der Waals surface area (Å²) < 4.78 is 20.7. The van der Waals surface area contributed by atoms with Gasteiger partial charge in [0, 0.05) is 26.9 Å². The van der Waals surface area contributed by atoms with Crippen molar-refractivity contribution >= 4 is 59.6 Å². The molecule has 0 radical (unpaired) electrons. The van der Waals surface area contributed by atoms with Crippen molar-refractivity contribution in [3.8, 4) is 0 Å². The summed E-state index contributed by atoms with van der Waals surface area (Å²) >= 11 is 1.75. The summed E-state index contributed by atoms with van der Waals surface area (Å²) in [7, 11) is 2.07. The van der Waals surface area contributed by atoms with Crippen LogP contribution in [-0.4, -0.2) is 4.40 Å². The van der Waals surface area contributed by atoms with E-state index in [2.05, 4.69) is 39.7 Å². The Labute approximate surface area is 146 Å². The van der Waals surface area contributed by atoms with Crippen LogP contribution in [0.4, 0.5) is 4.39 Å². The number of fused-ring (bicyclic) bond motifs is 5. The van der Waals surface area contributed by atoms with Crippen LogP contribution < -0.4 is 4.57 Å².